The van der Waals surface area contributed by atoms with Crippen molar-refractivity contribution >= 4 is 37.2 Å². The molecule has 0 bridgehead atoms. The highest BCUT2D eigenvalue weighted by Crippen LogP contribution is 2.46. The minimum atomic E-state index is -4.80. The summed E-state index contributed by atoms with van der Waals surface area (Å²) >= 11 is 0. The Morgan fingerprint density at radius 1 is 1.23 bits per heavy atom. The van der Waals surface area contributed by atoms with Crippen LogP contribution in [0.3, 0.4) is 0 Å². The lowest BCUT2D eigenvalue weighted by Crippen LogP contribution is -2.48. The fourth-order valence-electron chi connectivity index (χ4n) is 4.65. The largest absolute Gasteiger partial charge is 0.480 e. The zero-order valence-electron chi connectivity index (χ0n) is 24.0. The molecule has 0 unspecified atom stereocenters. The number of piperidine rings is 1. The maximum Gasteiger partial charge on any atom is 0.470 e. The summed E-state index contributed by atoms with van der Waals surface area (Å²) in [5, 5.41) is 10.8. The van der Waals surface area contributed by atoms with Crippen LogP contribution in [0.25, 0.3) is 0 Å². The van der Waals surface area contributed by atoms with Crippen LogP contribution in [-0.2, 0) is 28.2 Å². The normalized spacial score (nSPS) is 18.9. The lowest BCUT2D eigenvalue weighted by molar-refractivity contribution is -0.138. The molecule has 1 aromatic rings. The number of benzene rings is 1. The molecule has 0 aliphatic carbocycles. The number of nitrogens with one attached hydrogen (secondary N) is 1. The lowest BCUT2D eigenvalue weighted by atomic mass is 9.92. The van der Waals surface area contributed by atoms with Gasteiger partial charge in [-0.25, -0.2) is 18.1 Å². The van der Waals surface area contributed by atoms with Crippen LogP contribution in [0.4, 0.5) is 25.0 Å². The third kappa shape index (κ3) is 11.3. The first-order valence-electron chi connectivity index (χ1n) is 13.5. The fourth-order valence-corrected chi connectivity index (χ4v) is 5.39. The third-order valence-electron chi connectivity index (χ3n) is 6.76. The van der Waals surface area contributed by atoms with Crippen molar-refractivity contribution in [3.63, 3.8) is 0 Å². The molecule has 2 heterocycles. The molecule has 2 saturated heterocycles. The van der Waals surface area contributed by atoms with Crippen LogP contribution >= 0.6 is 7.82 Å². The Morgan fingerprint density at radius 3 is 2.33 bits per heavy atom. The molecule has 244 valence electrons. The minimum absolute atomic E-state index is 0.0142. The molecule has 1 aromatic carbocycles. The topological polar surface area (TPSA) is 227 Å². The van der Waals surface area contributed by atoms with Crippen LogP contribution in [-0.4, -0.2) is 97.1 Å². The van der Waals surface area contributed by atoms with Crippen molar-refractivity contribution < 1.29 is 56.6 Å². The van der Waals surface area contributed by atoms with Gasteiger partial charge in [-0.1, -0.05) is 6.42 Å². The number of phosphoric ester groups is 1. The van der Waals surface area contributed by atoms with E-state index in [1.807, 2.05) is 0 Å². The number of cyclic esters (lactones) is 1. The smallest absolute Gasteiger partial charge is 0.470 e. The predicted octanol–water partition coefficient (Wildman–Crippen LogP) is 1.05. The van der Waals surface area contributed by atoms with E-state index in [0.717, 1.165) is 29.9 Å². The molecule has 2 fully saturated rings. The zero-order chi connectivity index (χ0) is 32.4. The van der Waals surface area contributed by atoms with Crippen molar-refractivity contribution in [3.05, 3.63) is 23.8 Å². The predicted molar refractivity (Wildman–Crippen MR) is 150 cm³/mol. The molecule has 2 aliphatic heterocycles. The second-order valence-electron chi connectivity index (χ2n) is 10.2. The molecule has 2 atom stereocenters. The Hall–Kier alpha value is -2.92. The van der Waals surface area contributed by atoms with E-state index < -0.39 is 49.3 Å². The average Bonchev–Trinajstić information content (AvgIpc) is 3.28. The second kappa shape index (κ2) is 16.2. The molecule has 0 saturated carbocycles. The van der Waals surface area contributed by atoms with E-state index in [1.165, 1.54) is 18.9 Å². The first-order valence-corrected chi connectivity index (χ1v) is 15.0. The van der Waals surface area contributed by atoms with Crippen LogP contribution in [0, 0.1) is 11.6 Å². The molecule has 2 aliphatic rings. The van der Waals surface area contributed by atoms with Crippen molar-refractivity contribution in [2.75, 3.05) is 56.2 Å². The summed E-state index contributed by atoms with van der Waals surface area (Å²) in [6.45, 7) is 2.03. The van der Waals surface area contributed by atoms with Gasteiger partial charge in [0.2, 0.25) is 5.91 Å². The second-order valence-corrected chi connectivity index (χ2v) is 11.4. The molecule has 8 N–H and O–H groups in total. The number of carbonyl (C=O) groups excluding carboxylic acids is 2. The van der Waals surface area contributed by atoms with Gasteiger partial charge < -0.3 is 46.1 Å². The molecule has 0 spiro atoms. The lowest BCUT2D eigenvalue weighted by Gasteiger charge is -2.41. The molecule has 15 nitrogen and oxygen atoms in total. The number of aliphatic carboxylic acids is 1. The maximum absolute atomic E-state index is 14.9. The standard InChI is InChI=1S/C19H26F2N3O8P.C6H14N2O2/c1-12(25)22-9-14-10-24(18(26)31-14)13-7-15(20)17(16(21)8-13)23-5-3-19(4-6-23,11-30-2)32-33(27,28)29;7-4-2-1-3-5(8)6(9)10/h7-8,14H,3-6,9-11H2,1-2H3,(H,22,25)(H2,27,28,29);5H,1-4,7-8H2,(H,9,10)/t14-;5-/m00/s1. The molecule has 18 heteroatoms. The summed E-state index contributed by atoms with van der Waals surface area (Å²) in [4.78, 5) is 54.2. The van der Waals surface area contributed by atoms with Crippen molar-refractivity contribution in [3.8, 4) is 0 Å². The molecule has 3 rings (SSSR count). The molecular formula is C25H40F2N5O10P. The summed E-state index contributed by atoms with van der Waals surface area (Å²) in [6.07, 6.45) is 0.856. The summed E-state index contributed by atoms with van der Waals surface area (Å²) in [6, 6.07) is 1.32. The number of carbonyl (C=O) groups is 3. The minimum Gasteiger partial charge on any atom is -0.480 e. The van der Waals surface area contributed by atoms with Crippen LogP contribution in [0.2, 0.25) is 0 Å². The highest BCUT2D eigenvalue weighted by Gasteiger charge is 2.42. The van der Waals surface area contributed by atoms with Crippen molar-refractivity contribution in [1.29, 1.82) is 0 Å². The summed E-state index contributed by atoms with van der Waals surface area (Å²) in [7, 11) is -3.44. The number of carboxylic acid groups (broad SMARTS) is 1. The zero-order valence-corrected chi connectivity index (χ0v) is 24.9. The Bertz CT molecular complexity index is 1140. The summed E-state index contributed by atoms with van der Waals surface area (Å²) in [5.74, 6) is -3.04. The van der Waals surface area contributed by atoms with Gasteiger partial charge in [0.1, 0.15) is 23.4 Å². The number of ether oxygens (including phenoxy) is 2. The van der Waals surface area contributed by atoms with Gasteiger partial charge in [-0.3, -0.25) is 19.0 Å². The third-order valence-corrected chi connectivity index (χ3v) is 7.39. The number of halogens is 2. The van der Waals surface area contributed by atoms with Crippen molar-refractivity contribution in [1.82, 2.24) is 5.32 Å². The molecule has 43 heavy (non-hydrogen) atoms. The van der Waals surface area contributed by atoms with E-state index >= 15 is 0 Å². The van der Waals surface area contributed by atoms with E-state index in [4.69, 9.17) is 30.6 Å². The molecule has 2 amide bonds. The van der Waals surface area contributed by atoms with E-state index in [0.29, 0.717) is 13.0 Å². The van der Waals surface area contributed by atoms with E-state index in [-0.39, 0.29) is 62.9 Å². The Kier molecular flexibility index (Phi) is 13.7. The number of hydrogen-bond acceptors (Lipinski definition) is 10. The average molecular weight is 640 g/mol. The number of methoxy groups -OCH3 is 1. The number of rotatable bonds is 13. The van der Waals surface area contributed by atoms with Gasteiger partial charge in [0.05, 0.1) is 25.4 Å². The molecular weight excluding hydrogens is 599 g/mol. The van der Waals surface area contributed by atoms with Gasteiger partial charge in [-0.05, 0) is 32.2 Å². The number of nitrogens with two attached hydrogens (primary N) is 2. The number of anilines is 2. The van der Waals surface area contributed by atoms with Crippen molar-refractivity contribution in [2.45, 2.75) is 56.8 Å². The summed E-state index contributed by atoms with van der Waals surface area (Å²) in [5.41, 5.74) is 8.80. The number of unbranched alkanes of at least 4 members (excludes halogenated alkanes) is 1. The Morgan fingerprint density at radius 2 is 1.84 bits per heavy atom. The van der Waals surface area contributed by atoms with Crippen molar-refractivity contribution in [2.24, 2.45) is 11.5 Å². The van der Waals surface area contributed by atoms with Gasteiger partial charge >= 0.3 is 19.9 Å². The molecule has 0 radical (unpaired) electrons. The number of nitrogens with zero attached hydrogens (tertiary/aromatic N) is 2. The van der Waals surface area contributed by atoms with Gasteiger partial charge in [0.25, 0.3) is 0 Å². The number of amides is 2. The highest BCUT2D eigenvalue weighted by molar-refractivity contribution is 7.46. The number of phosphoric acid groups is 1. The number of hydrogen-bond donors (Lipinski definition) is 6. The summed E-state index contributed by atoms with van der Waals surface area (Å²) < 4.78 is 56.3. The van der Waals surface area contributed by atoms with E-state index in [9.17, 15) is 37.5 Å². The fraction of sp³-hybridized carbons (Fsp3) is 0.640. The van der Waals surface area contributed by atoms with E-state index in [1.54, 1.807) is 0 Å². The van der Waals surface area contributed by atoms with Crippen LogP contribution in [0.5, 0.6) is 0 Å². The van der Waals surface area contributed by atoms with Gasteiger partial charge in [-0.2, -0.15) is 0 Å². The van der Waals surface area contributed by atoms with E-state index in [2.05, 4.69) is 5.32 Å². The van der Waals surface area contributed by atoms with Crippen LogP contribution in [0.1, 0.15) is 39.0 Å². The van der Waals surface area contributed by atoms with Crippen LogP contribution < -0.4 is 26.6 Å². The Labute approximate surface area is 247 Å². The first-order chi connectivity index (χ1) is 20.1. The SMILES string of the molecule is COCC1(OP(=O)(O)O)CCN(c2c(F)cc(N3C[C@H](CNC(C)=O)OC3=O)cc2F)CC1.NCCCC[C@H](N)C(=O)O. The molecule has 0 aromatic heterocycles. The quantitative estimate of drug-likeness (QED) is 0.131. The first kappa shape index (κ1) is 36.3. The highest BCUT2D eigenvalue weighted by atomic mass is 31.2. The van der Waals surface area contributed by atoms with Gasteiger partial charge in [0, 0.05) is 39.3 Å². The van der Waals surface area contributed by atoms with Crippen LogP contribution in [0.15, 0.2) is 12.1 Å². The number of carboxylic acids is 1. The van der Waals surface area contributed by atoms with Gasteiger partial charge in [0.15, 0.2) is 11.6 Å². The maximum atomic E-state index is 14.9. The Balaban J connectivity index is 0.000000553. The monoisotopic (exact) mass is 639 g/mol. The van der Waals surface area contributed by atoms with Gasteiger partial charge in [-0.15, -0.1) is 0 Å².